The predicted octanol–water partition coefficient (Wildman–Crippen LogP) is 6.55. The molecule has 0 atom stereocenters. The molecule has 4 rings (SSSR count). The quantitative estimate of drug-likeness (QED) is 0.220. The van der Waals surface area contributed by atoms with Crippen LogP contribution in [-0.4, -0.2) is 16.6 Å². The first-order valence-electron chi connectivity index (χ1n) is 11.5. The fourth-order valence-electron chi connectivity index (χ4n) is 3.76. The molecule has 7 nitrogen and oxygen atoms in total. The molecule has 0 aliphatic rings. The molecule has 8 heteroatoms. The standard InChI is InChI=1S/C27H28N5O2S/c1-3-19-8-5-6-9-21(19)17-29-26-25(20-12-14-23(15-13-20)34-4-2)18-30-27(32-26)31-22-10-7-11-24(16-22)35(28)33/h5-16,18,28H,3-4,17H2,1-2H3,(H2,29,30,31,32)/q-1. The molecule has 0 aliphatic heterocycles. The van der Waals surface area contributed by atoms with Crippen LogP contribution < -0.4 is 15.4 Å². The van der Waals surface area contributed by atoms with Gasteiger partial charge in [-0.3, -0.25) is 0 Å². The zero-order valence-corrected chi connectivity index (χ0v) is 20.6. The number of ether oxygens (including phenoxy) is 1. The Labute approximate surface area is 207 Å². The minimum absolute atomic E-state index is 0.402. The zero-order chi connectivity index (χ0) is 24.6. The van der Waals surface area contributed by atoms with Gasteiger partial charge in [-0.1, -0.05) is 66.4 Å². The van der Waals surface area contributed by atoms with Gasteiger partial charge in [-0.15, -0.1) is 0 Å². The van der Waals surface area contributed by atoms with E-state index >= 15 is 0 Å². The van der Waals surface area contributed by atoms with E-state index in [4.69, 9.17) is 14.5 Å². The summed E-state index contributed by atoms with van der Waals surface area (Å²) in [6, 6.07) is 23.1. The zero-order valence-electron chi connectivity index (χ0n) is 19.7. The molecule has 0 amide bonds. The van der Waals surface area contributed by atoms with Crippen LogP contribution in [0.2, 0.25) is 0 Å². The van der Waals surface area contributed by atoms with Gasteiger partial charge in [0.25, 0.3) is 0 Å². The van der Waals surface area contributed by atoms with E-state index in [1.807, 2.05) is 43.3 Å². The number of aromatic nitrogens is 2. The van der Waals surface area contributed by atoms with Gasteiger partial charge in [0.05, 0.1) is 6.61 Å². The van der Waals surface area contributed by atoms with Gasteiger partial charge in [0.2, 0.25) is 5.95 Å². The first-order valence-corrected chi connectivity index (χ1v) is 12.6. The number of benzene rings is 3. The van der Waals surface area contributed by atoms with E-state index < -0.39 is 10.6 Å². The Morgan fingerprint density at radius 2 is 1.74 bits per heavy atom. The van der Waals surface area contributed by atoms with Crippen LogP contribution in [0.25, 0.3) is 11.1 Å². The van der Waals surface area contributed by atoms with Gasteiger partial charge in [-0.2, -0.15) is 15.6 Å². The molecule has 180 valence electrons. The number of rotatable bonds is 10. The lowest BCUT2D eigenvalue weighted by Crippen LogP contribution is -2.08. The van der Waals surface area contributed by atoms with Crippen molar-refractivity contribution in [2.45, 2.75) is 31.7 Å². The minimum atomic E-state index is -1.81. The summed E-state index contributed by atoms with van der Waals surface area (Å²) < 4.78 is 24.6. The Morgan fingerprint density at radius 1 is 0.971 bits per heavy atom. The second kappa shape index (κ2) is 11.5. The van der Waals surface area contributed by atoms with E-state index in [-0.39, 0.29) is 0 Å². The monoisotopic (exact) mass is 486 g/mol. The lowest BCUT2D eigenvalue weighted by molar-refractivity contribution is 0.340. The van der Waals surface area contributed by atoms with Crippen LogP contribution in [0.5, 0.6) is 5.75 Å². The maximum absolute atomic E-state index is 11.5. The van der Waals surface area contributed by atoms with Gasteiger partial charge in [-0.25, -0.2) is 4.98 Å². The van der Waals surface area contributed by atoms with E-state index in [1.54, 1.807) is 24.4 Å². The molecular formula is C27H28N5O2S-. The Balaban J connectivity index is 1.66. The van der Waals surface area contributed by atoms with Gasteiger partial charge >= 0.3 is 0 Å². The second-order valence-electron chi connectivity index (χ2n) is 7.81. The van der Waals surface area contributed by atoms with Crippen LogP contribution in [0.4, 0.5) is 17.5 Å². The molecular weight excluding hydrogens is 458 g/mol. The van der Waals surface area contributed by atoms with Crippen LogP contribution >= 0.6 is 0 Å². The molecule has 0 spiro atoms. The minimum Gasteiger partial charge on any atom is -0.494 e. The Morgan fingerprint density at radius 3 is 2.46 bits per heavy atom. The van der Waals surface area contributed by atoms with Crippen LogP contribution in [0.15, 0.2) is 83.9 Å². The van der Waals surface area contributed by atoms with Crippen LogP contribution in [0, 0.1) is 4.78 Å². The van der Waals surface area contributed by atoms with Gasteiger partial charge in [0.15, 0.2) is 0 Å². The largest absolute Gasteiger partial charge is 0.494 e. The molecule has 4 aromatic rings. The van der Waals surface area contributed by atoms with Crippen molar-refractivity contribution in [3.8, 4) is 16.9 Å². The maximum atomic E-state index is 11.5. The molecule has 0 fully saturated rings. The average molecular weight is 487 g/mol. The van der Waals surface area contributed by atoms with E-state index in [1.165, 1.54) is 11.1 Å². The molecule has 35 heavy (non-hydrogen) atoms. The summed E-state index contributed by atoms with van der Waals surface area (Å²) in [6.07, 6.45) is 2.74. The van der Waals surface area contributed by atoms with Crippen molar-refractivity contribution in [1.82, 2.24) is 9.97 Å². The molecule has 0 saturated carbocycles. The number of hydrogen-bond donors (Lipinski definition) is 3. The highest BCUT2D eigenvalue weighted by Gasteiger charge is 2.11. The molecule has 1 heterocycles. The highest BCUT2D eigenvalue weighted by Crippen LogP contribution is 2.30. The Bertz CT molecular complexity index is 1360. The van der Waals surface area contributed by atoms with Crippen LogP contribution in [-0.2, 0) is 27.8 Å². The third-order valence-corrected chi connectivity index (χ3v) is 6.20. The van der Waals surface area contributed by atoms with E-state index in [2.05, 4.69) is 40.7 Å². The SMILES string of the molecule is CCOc1ccc(-c2cnc(Nc3cccc([S-](=N)=O)c3)nc2NCc2ccccc2CC)cc1. The van der Waals surface area contributed by atoms with Gasteiger partial charge in [0.1, 0.15) is 11.6 Å². The normalized spacial score (nSPS) is 10.8. The molecule has 0 radical (unpaired) electrons. The van der Waals surface area contributed by atoms with Gasteiger partial charge in [-0.05, 0) is 48.2 Å². The molecule has 3 aromatic carbocycles. The maximum Gasteiger partial charge on any atom is 0.229 e. The van der Waals surface area contributed by atoms with Crippen molar-refractivity contribution < 1.29 is 8.95 Å². The Hall–Kier alpha value is -3.91. The third-order valence-electron chi connectivity index (χ3n) is 5.51. The summed E-state index contributed by atoms with van der Waals surface area (Å²) in [5.74, 6) is 1.91. The number of aryl methyl sites for hydroxylation is 1. The summed E-state index contributed by atoms with van der Waals surface area (Å²) in [5, 5.41) is 6.66. The fraction of sp³-hybridized carbons (Fsp3) is 0.185. The molecule has 0 saturated heterocycles. The topological polar surface area (TPSA) is 100.0 Å². The van der Waals surface area contributed by atoms with E-state index in [9.17, 15) is 4.21 Å². The molecule has 0 bridgehead atoms. The number of anilines is 3. The summed E-state index contributed by atoms with van der Waals surface area (Å²) >= 11 is 0. The summed E-state index contributed by atoms with van der Waals surface area (Å²) in [5.41, 5.74) is 5.01. The van der Waals surface area contributed by atoms with Crippen molar-refractivity contribution in [2.75, 3.05) is 17.2 Å². The first-order chi connectivity index (χ1) is 17.1. The molecule has 0 aliphatic carbocycles. The van der Waals surface area contributed by atoms with Gasteiger partial charge < -0.3 is 24.4 Å². The predicted molar refractivity (Wildman–Crippen MR) is 141 cm³/mol. The van der Waals surface area contributed by atoms with Crippen molar-refractivity contribution in [3.63, 3.8) is 0 Å². The number of hydrogen-bond acceptors (Lipinski definition) is 8. The van der Waals surface area contributed by atoms with Crippen LogP contribution in [0.3, 0.4) is 0 Å². The highest BCUT2D eigenvalue weighted by atomic mass is 32.2. The Kier molecular flexibility index (Phi) is 7.95. The number of nitrogens with zero attached hydrogens (tertiary/aromatic N) is 2. The fourth-order valence-corrected chi connectivity index (χ4v) is 4.19. The second-order valence-corrected chi connectivity index (χ2v) is 8.82. The lowest BCUT2D eigenvalue weighted by atomic mass is 10.0. The lowest BCUT2D eigenvalue weighted by Gasteiger charge is -2.15. The average Bonchev–Trinajstić information content (AvgIpc) is 2.88. The van der Waals surface area contributed by atoms with Crippen LogP contribution in [0.1, 0.15) is 25.0 Å². The van der Waals surface area contributed by atoms with Gasteiger partial charge in [0, 0.05) is 24.0 Å². The smallest absolute Gasteiger partial charge is 0.229 e. The van der Waals surface area contributed by atoms with Crippen molar-refractivity contribution in [2.24, 2.45) is 0 Å². The number of nitrogens with one attached hydrogen (secondary N) is 3. The van der Waals surface area contributed by atoms with Crippen molar-refractivity contribution in [3.05, 3.63) is 90.1 Å². The van der Waals surface area contributed by atoms with E-state index in [0.717, 1.165) is 23.3 Å². The summed E-state index contributed by atoms with van der Waals surface area (Å²) in [7, 11) is -1.81. The highest BCUT2D eigenvalue weighted by molar-refractivity contribution is 7.73. The van der Waals surface area contributed by atoms with E-state index in [0.29, 0.717) is 35.5 Å². The molecule has 3 N–H and O–H groups in total. The molecule has 1 aromatic heterocycles. The van der Waals surface area contributed by atoms with Crippen molar-refractivity contribution >= 4 is 28.0 Å². The first kappa shape index (κ1) is 24.2. The summed E-state index contributed by atoms with van der Waals surface area (Å²) in [6.45, 7) is 5.34. The molecule has 0 unspecified atom stereocenters. The summed E-state index contributed by atoms with van der Waals surface area (Å²) in [4.78, 5) is 9.69. The third kappa shape index (κ3) is 6.16. The van der Waals surface area contributed by atoms with Crippen molar-refractivity contribution in [1.29, 1.82) is 4.78 Å².